The molecule has 2 rings (SSSR count). The SMILES string of the molecule is CC(CO)c1cn([C@@H]2CC(O)[C@H](CO)O2)c(=O)[nH]c1=O. The molecule has 112 valence electrons. The number of ether oxygens (including phenoxy) is 1. The van der Waals surface area contributed by atoms with Crippen molar-refractivity contribution in [2.45, 2.75) is 37.7 Å². The highest BCUT2D eigenvalue weighted by atomic mass is 16.5. The van der Waals surface area contributed by atoms with Crippen LogP contribution in [0, 0.1) is 0 Å². The van der Waals surface area contributed by atoms with Crippen molar-refractivity contribution in [1.29, 1.82) is 0 Å². The second kappa shape index (κ2) is 5.88. The normalized spacial score (nSPS) is 27.7. The summed E-state index contributed by atoms with van der Waals surface area (Å²) in [6.07, 6.45) is -0.903. The number of rotatable bonds is 4. The molecule has 1 aliphatic heterocycles. The molecule has 0 aliphatic carbocycles. The number of H-pyrrole nitrogens is 1. The summed E-state index contributed by atoms with van der Waals surface area (Å²) in [5.74, 6) is -0.425. The van der Waals surface area contributed by atoms with Crippen LogP contribution in [-0.4, -0.2) is 50.3 Å². The molecule has 4 N–H and O–H groups in total. The Morgan fingerprint density at radius 3 is 2.75 bits per heavy atom. The molecule has 8 heteroatoms. The first-order chi connectivity index (χ1) is 9.47. The Balaban J connectivity index is 2.38. The first-order valence-corrected chi connectivity index (χ1v) is 6.38. The van der Waals surface area contributed by atoms with Crippen molar-refractivity contribution in [3.63, 3.8) is 0 Å². The van der Waals surface area contributed by atoms with Crippen molar-refractivity contribution in [1.82, 2.24) is 9.55 Å². The molecular formula is C12H18N2O6. The van der Waals surface area contributed by atoms with Crippen LogP contribution in [0.5, 0.6) is 0 Å². The molecule has 4 atom stereocenters. The fourth-order valence-electron chi connectivity index (χ4n) is 2.21. The molecule has 1 saturated heterocycles. The molecule has 0 bridgehead atoms. The van der Waals surface area contributed by atoms with Gasteiger partial charge >= 0.3 is 5.69 Å². The van der Waals surface area contributed by atoms with Gasteiger partial charge in [-0.15, -0.1) is 0 Å². The maximum absolute atomic E-state index is 11.8. The smallest absolute Gasteiger partial charge is 0.330 e. The maximum Gasteiger partial charge on any atom is 0.330 e. The molecule has 2 unspecified atom stereocenters. The van der Waals surface area contributed by atoms with Gasteiger partial charge in [0.25, 0.3) is 5.56 Å². The molecule has 2 heterocycles. The van der Waals surface area contributed by atoms with Crippen LogP contribution in [0.4, 0.5) is 0 Å². The third-order valence-corrected chi connectivity index (χ3v) is 3.49. The van der Waals surface area contributed by atoms with Gasteiger partial charge in [0.05, 0.1) is 12.7 Å². The summed E-state index contributed by atoms with van der Waals surface area (Å²) in [6, 6.07) is 0. The zero-order chi connectivity index (χ0) is 14.9. The van der Waals surface area contributed by atoms with Crippen LogP contribution in [0.2, 0.25) is 0 Å². The highest BCUT2D eigenvalue weighted by Crippen LogP contribution is 2.27. The van der Waals surface area contributed by atoms with Crippen molar-refractivity contribution in [3.8, 4) is 0 Å². The zero-order valence-corrected chi connectivity index (χ0v) is 11.0. The number of hydrogen-bond donors (Lipinski definition) is 4. The number of aliphatic hydroxyl groups is 3. The van der Waals surface area contributed by atoms with Gasteiger partial charge in [-0.25, -0.2) is 4.79 Å². The largest absolute Gasteiger partial charge is 0.396 e. The molecule has 0 radical (unpaired) electrons. The standard InChI is InChI=1S/C12H18N2O6/c1-6(4-15)7-3-14(12(19)13-11(7)18)10-2-8(17)9(5-16)20-10/h3,6,8-10,15-17H,2,4-5H2,1H3,(H,13,18,19)/t6?,8?,9-,10-/m0/s1. The van der Waals surface area contributed by atoms with Crippen LogP contribution in [-0.2, 0) is 4.74 Å². The van der Waals surface area contributed by atoms with Gasteiger partial charge in [-0.2, -0.15) is 0 Å². The molecule has 0 aromatic carbocycles. The van der Waals surface area contributed by atoms with Gasteiger partial charge in [-0.05, 0) is 0 Å². The van der Waals surface area contributed by atoms with Crippen molar-refractivity contribution in [2.75, 3.05) is 13.2 Å². The highest BCUT2D eigenvalue weighted by Gasteiger charge is 2.35. The Morgan fingerprint density at radius 2 is 2.20 bits per heavy atom. The molecule has 0 amide bonds. The van der Waals surface area contributed by atoms with Gasteiger partial charge in [-0.3, -0.25) is 14.3 Å². The highest BCUT2D eigenvalue weighted by molar-refractivity contribution is 5.11. The van der Waals surface area contributed by atoms with E-state index in [1.807, 2.05) is 0 Å². The third kappa shape index (κ3) is 2.68. The van der Waals surface area contributed by atoms with Gasteiger partial charge in [-0.1, -0.05) is 6.92 Å². The van der Waals surface area contributed by atoms with Crippen molar-refractivity contribution >= 4 is 0 Å². The van der Waals surface area contributed by atoms with E-state index in [0.29, 0.717) is 0 Å². The van der Waals surface area contributed by atoms with E-state index in [9.17, 15) is 14.7 Å². The fourth-order valence-corrected chi connectivity index (χ4v) is 2.21. The first kappa shape index (κ1) is 14.9. The minimum absolute atomic E-state index is 0.143. The van der Waals surface area contributed by atoms with Crippen LogP contribution < -0.4 is 11.2 Å². The summed E-state index contributed by atoms with van der Waals surface area (Å²) < 4.78 is 6.54. The third-order valence-electron chi connectivity index (χ3n) is 3.49. The van der Waals surface area contributed by atoms with Gasteiger partial charge < -0.3 is 20.1 Å². The quantitative estimate of drug-likeness (QED) is 0.521. The van der Waals surface area contributed by atoms with Crippen LogP contribution in [0.15, 0.2) is 15.8 Å². The van der Waals surface area contributed by atoms with E-state index in [1.165, 1.54) is 10.8 Å². The summed E-state index contributed by atoms with van der Waals surface area (Å²) in [6.45, 7) is 1.07. The summed E-state index contributed by atoms with van der Waals surface area (Å²) in [5, 5.41) is 27.8. The minimum atomic E-state index is -0.873. The lowest BCUT2D eigenvalue weighted by atomic mass is 10.1. The lowest BCUT2D eigenvalue weighted by Crippen LogP contribution is -2.35. The molecule has 1 aromatic heterocycles. The summed E-state index contributed by atoms with van der Waals surface area (Å²) >= 11 is 0. The average Bonchev–Trinajstić information content (AvgIpc) is 2.79. The zero-order valence-electron chi connectivity index (χ0n) is 11.0. The number of nitrogens with zero attached hydrogens (tertiary/aromatic N) is 1. The molecule has 1 aliphatic rings. The average molecular weight is 286 g/mol. The Labute approximate surface area is 114 Å². The number of aliphatic hydroxyl groups excluding tert-OH is 3. The van der Waals surface area contributed by atoms with E-state index in [2.05, 4.69) is 4.98 Å². The molecular weight excluding hydrogens is 268 g/mol. The van der Waals surface area contributed by atoms with Gasteiger partial charge in [0, 0.05) is 30.7 Å². The topological polar surface area (TPSA) is 125 Å². The maximum atomic E-state index is 11.8. The Hall–Kier alpha value is -1.48. The van der Waals surface area contributed by atoms with Crippen molar-refractivity contribution in [3.05, 3.63) is 32.6 Å². The van der Waals surface area contributed by atoms with Crippen LogP contribution in [0.3, 0.4) is 0 Å². The van der Waals surface area contributed by atoms with E-state index in [0.717, 1.165) is 0 Å². The van der Waals surface area contributed by atoms with E-state index >= 15 is 0 Å². The minimum Gasteiger partial charge on any atom is -0.396 e. The van der Waals surface area contributed by atoms with Crippen LogP contribution >= 0.6 is 0 Å². The summed E-state index contributed by atoms with van der Waals surface area (Å²) in [7, 11) is 0. The van der Waals surface area contributed by atoms with Crippen molar-refractivity contribution in [2.24, 2.45) is 0 Å². The van der Waals surface area contributed by atoms with Gasteiger partial charge in [0.1, 0.15) is 12.3 Å². The first-order valence-electron chi connectivity index (χ1n) is 6.38. The monoisotopic (exact) mass is 286 g/mol. The molecule has 0 spiro atoms. The second-order valence-electron chi connectivity index (χ2n) is 4.95. The van der Waals surface area contributed by atoms with Gasteiger partial charge in [0.15, 0.2) is 0 Å². The Kier molecular flexibility index (Phi) is 4.39. The van der Waals surface area contributed by atoms with E-state index in [-0.39, 0.29) is 25.2 Å². The van der Waals surface area contributed by atoms with E-state index < -0.39 is 35.6 Å². The van der Waals surface area contributed by atoms with E-state index in [1.54, 1.807) is 6.92 Å². The summed E-state index contributed by atoms with van der Waals surface area (Å²) in [5.41, 5.74) is -0.942. The van der Waals surface area contributed by atoms with Gasteiger partial charge in [0.2, 0.25) is 0 Å². The number of aromatic amines is 1. The molecule has 1 fully saturated rings. The molecule has 0 saturated carbocycles. The number of nitrogens with one attached hydrogen (secondary N) is 1. The lowest BCUT2D eigenvalue weighted by Gasteiger charge is -2.16. The number of hydrogen-bond acceptors (Lipinski definition) is 6. The Morgan fingerprint density at radius 1 is 1.50 bits per heavy atom. The molecule has 20 heavy (non-hydrogen) atoms. The lowest BCUT2D eigenvalue weighted by molar-refractivity contribution is -0.0460. The summed E-state index contributed by atoms with van der Waals surface area (Å²) in [4.78, 5) is 25.7. The Bertz CT molecular complexity index is 580. The predicted molar refractivity (Wildman–Crippen MR) is 68.4 cm³/mol. The predicted octanol–water partition coefficient (Wildman–Crippen LogP) is -1.73. The fraction of sp³-hybridized carbons (Fsp3) is 0.667. The second-order valence-corrected chi connectivity index (χ2v) is 4.95. The van der Waals surface area contributed by atoms with Crippen molar-refractivity contribution < 1.29 is 20.1 Å². The van der Waals surface area contributed by atoms with Crippen LogP contribution in [0.1, 0.15) is 31.1 Å². The number of aromatic nitrogens is 2. The molecule has 1 aromatic rings. The molecule has 8 nitrogen and oxygen atoms in total. The van der Waals surface area contributed by atoms with Crippen LogP contribution in [0.25, 0.3) is 0 Å². The van der Waals surface area contributed by atoms with E-state index in [4.69, 9.17) is 14.9 Å².